The quantitative estimate of drug-likeness (QED) is 0.846. The van der Waals surface area contributed by atoms with Crippen LogP contribution in [0.25, 0.3) is 0 Å². The van der Waals surface area contributed by atoms with Gasteiger partial charge in [-0.25, -0.2) is 0 Å². The van der Waals surface area contributed by atoms with Gasteiger partial charge in [0, 0.05) is 18.7 Å². The molecule has 6 nitrogen and oxygen atoms in total. The lowest BCUT2D eigenvalue weighted by Crippen LogP contribution is -2.51. The third kappa shape index (κ3) is 4.70. The highest BCUT2D eigenvalue weighted by Crippen LogP contribution is 2.22. The molecule has 1 aromatic heterocycles. The zero-order chi connectivity index (χ0) is 19.2. The molecule has 1 N–H and O–H groups in total. The van der Waals surface area contributed by atoms with Crippen LogP contribution in [0.3, 0.4) is 0 Å². The van der Waals surface area contributed by atoms with Crippen LogP contribution in [-0.4, -0.2) is 35.4 Å². The number of amides is 2. The number of carbonyl (C=O) groups is 2. The van der Waals surface area contributed by atoms with Crippen LogP contribution in [-0.2, 0) is 11.3 Å². The molecule has 2 aromatic rings. The van der Waals surface area contributed by atoms with Gasteiger partial charge in [0.05, 0.1) is 12.4 Å². The van der Waals surface area contributed by atoms with E-state index in [0.717, 1.165) is 24.2 Å². The largest absolute Gasteiger partial charge is 0.491 e. The fourth-order valence-corrected chi connectivity index (χ4v) is 3.31. The van der Waals surface area contributed by atoms with E-state index in [9.17, 15) is 9.59 Å². The molecular formula is C21H26N2O4. The number of likely N-dealkylation sites (tertiary alicyclic amines) is 1. The molecule has 3 rings (SSSR count). The van der Waals surface area contributed by atoms with Crippen molar-refractivity contribution in [2.45, 2.75) is 51.8 Å². The van der Waals surface area contributed by atoms with Gasteiger partial charge < -0.3 is 19.4 Å². The van der Waals surface area contributed by atoms with Crippen molar-refractivity contribution in [3.8, 4) is 5.75 Å². The Kier molecular flexibility index (Phi) is 6.16. The third-order valence-electron chi connectivity index (χ3n) is 4.59. The molecule has 1 unspecified atom stereocenters. The number of piperidine rings is 1. The SMILES string of the molecule is CC(C)Oc1ccccc1CNC(=O)C1CCCCN1C(=O)c1ccco1. The highest BCUT2D eigenvalue weighted by molar-refractivity contribution is 5.95. The van der Waals surface area contributed by atoms with Crippen molar-refractivity contribution in [3.63, 3.8) is 0 Å². The molecule has 27 heavy (non-hydrogen) atoms. The number of benzene rings is 1. The number of furan rings is 1. The number of ether oxygens (including phenoxy) is 1. The second kappa shape index (κ2) is 8.75. The van der Waals surface area contributed by atoms with Crippen LogP contribution in [0.5, 0.6) is 5.75 Å². The second-order valence-corrected chi connectivity index (χ2v) is 6.98. The van der Waals surface area contributed by atoms with Crippen LogP contribution in [0.2, 0.25) is 0 Å². The van der Waals surface area contributed by atoms with Crippen LogP contribution in [0.4, 0.5) is 0 Å². The van der Waals surface area contributed by atoms with Crippen LogP contribution in [0.1, 0.15) is 49.2 Å². The number of carbonyl (C=O) groups excluding carboxylic acids is 2. The summed E-state index contributed by atoms with van der Waals surface area (Å²) in [6.07, 6.45) is 4.00. The standard InChI is InChI=1S/C21H26N2O4/c1-15(2)27-18-10-4-3-8-16(18)14-22-20(24)17-9-5-6-12-23(17)21(25)19-11-7-13-26-19/h3-4,7-8,10-11,13,15,17H,5-6,9,12,14H2,1-2H3,(H,22,24). The molecule has 0 saturated carbocycles. The van der Waals surface area contributed by atoms with Crippen molar-refractivity contribution < 1.29 is 18.7 Å². The van der Waals surface area contributed by atoms with Crippen molar-refractivity contribution >= 4 is 11.8 Å². The Morgan fingerprint density at radius 3 is 2.78 bits per heavy atom. The van der Waals surface area contributed by atoms with Crippen molar-refractivity contribution in [3.05, 3.63) is 54.0 Å². The van der Waals surface area contributed by atoms with Gasteiger partial charge in [-0.05, 0) is 51.3 Å². The lowest BCUT2D eigenvalue weighted by molar-refractivity contribution is -0.126. The Morgan fingerprint density at radius 2 is 2.04 bits per heavy atom. The summed E-state index contributed by atoms with van der Waals surface area (Å²) in [6, 6.07) is 10.5. The van der Waals surface area contributed by atoms with E-state index in [2.05, 4.69) is 5.32 Å². The van der Waals surface area contributed by atoms with Crippen LogP contribution in [0.15, 0.2) is 47.1 Å². The highest BCUT2D eigenvalue weighted by atomic mass is 16.5. The summed E-state index contributed by atoms with van der Waals surface area (Å²) < 4.78 is 11.0. The Balaban J connectivity index is 1.67. The molecule has 2 amide bonds. The maximum Gasteiger partial charge on any atom is 0.290 e. The van der Waals surface area contributed by atoms with E-state index in [-0.39, 0.29) is 23.7 Å². The number of para-hydroxylation sites is 1. The minimum Gasteiger partial charge on any atom is -0.491 e. The molecule has 144 valence electrons. The van der Waals surface area contributed by atoms with Gasteiger partial charge in [0.15, 0.2) is 5.76 Å². The number of nitrogens with one attached hydrogen (secondary N) is 1. The summed E-state index contributed by atoms with van der Waals surface area (Å²) in [6.45, 7) is 4.86. The highest BCUT2D eigenvalue weighted by Gasteiger charge is 2.33. The summed E-state index contributed by atoms with van der Waals surface area (Å²) in [7, 11) is 0. The van der Waals surface area contributed by atoms with E-state index in [0.29, 0.717) is 19.5 Å². The maximum atomic E-state index is 12.8. The summed E-state index contributed by atoms with van der Waals surface area (Å²) in [5.41, 5.74) is 0.916. The van der Waals surface area contributed by atoms with E-state index < -0.39 is 6.04 Å². The van der Waals surface area contributed by atoms with Crippen molar-refractivity contribution in [1.29, 1.82) is 0 Å². The van der Waals surface area contributed by atoms with Gasteiger partial charge in [-0.2, -0.15) is 0 Å². The predicted molar refractivity (Wildman–Crippen MR) is 101 cm³/mol. The van der Waals surface area contributed by atoms with E-state index in [4.69, 9.17) is 9.15 Å². The first-order valence-corrected chi connectivity index (χ1v) is 9.43. The van der Waals surface area contributed by atoms with Crippen LogP contribution in [0, 0.1) is 0 Å². The average Bonchev–Trinajstić information content (AvgIpc) is 3.21. The first kappa shape index (κ1) is 19.0. The first-order valence-electron chi connectivity index (χ1n) is 9.43. The summed E-state index contributed by atoms with van der Waals surface area (Å²) in [4.78, 5) is 27.1. The summed E-state index contributed by atoms with van der Waals surface area (Å²) in [5, 5.41) is 2.97. The number of rotatable bonds is 6. The fourth-order valence-electron chi connectivity index (χ4n) is 3.31. The van der Waals surface area contributed by atoms with Gasteiger partial charge in [-0.3, -0.25) is 9.59 Å². The minimum absolute atomic E-state index is 0.0570. The van der Waals surface area contributed by atoms with Crippen LogP contribution >= 0.6 is 0 Å². The molecule has 1 fully saturated rings. The van der Waals surface area contributed by atoms with E-state index in [1.54, 1.807) is 17.0 Å². The minimum atomic E-state index is -0.477. The monoisotopic (exact) mass is 370 g/mol. The van der Waals surface area contributed by atoms with Gasteiger partial charge in [-0.15, -0.1) is 0 Å². The Hall–Kier alpha value is -2.76. The Labute approximate surface area is 159 Å². The molecule has 1 aliphatic heterocycles. The second-order valence-electron chi connectivity index (χ2n) is 6.98. The lowest BCUT2D eigenvalue weighted by atomic mass is 10.0. The van der Waals surface area contributed by atoms with Gasteiger partial charge in [0.25, 0.3) is 5.91 Å². The van der Waals surface area contributed by atoms with Crippen molar-refractivity contribution in [2.75, 3.05) is 6.54 Å². The summed E-state index contributed by atoms with van der Waals surface area (Å²) >= 11 is 0. The molecule has 0 bridgehead atoms. The first-order chi connectivity index (χ1) is 13.1. The van der Waals surface area contributed by atoms with Crippen molar-refractivity contribution in [2.24, 2.45) is 0 Å². The molecule has 1 saturated heterocycles. The average molecular weight is 370 g/mol. The molecule has 1 aliphatic rings. The normalized spacial score (nSPS) is 17.0. The maximum absolute atomic E-state index is 12.8. The van der Waals surface area contributed by atoms with E-state index in [1.165, 1.54) is 6.26 Å². The Bertz CT molecular complexity index is 770. The van der Waals surface area contributed by atoms with Gasteiger partial charge in [0.2, 0.25) is 5.91 Å². The Morgan fingerprint density at radius 1 is 1.22 bits per heavy atom. The van der Waals surface area contributed by atoms with Gasteiger partial charge in [-0.1, -0.05) is 18.2 Å². The molecule has 6 heteroatoms. The smallest absolute Gasteiger partial charge is 0.290 e. The zero-order valence-electron chi connectivity index (χ0n) is 15.8. The lowest BCUT2D eigenvalue weighted by Gasteiger charge is -2.34. The molecule has 0 radical (unpaired) electrons. The molecule has 2 heterocycles. The molecule has 1 aromatic carbocycles. The molecular weight excluding hydrogens is 344 g/mol. The fraction of sp³-hybridized carbons (Fsp3) is 0.429. The van der Waals surface area contributed by atoms with E-state index >= 15 is 0 Å². The van der Waals surface area contributed by atoms with Gasteiger partial charge in [0.1, 0.15) is 11.8 Å². The molecule has 1 atom stereocenters. The summed E-state index contributed by atoms with van der Waals surface area (Å²) in [5.74, 6) is 0.655. The third-order valence-corrected chi connectivity index (χ3v) is 4.59. The topological polar surface area (TPSA) is 71.8 Å². The number of hydrogen-bond acceptors (Lipinski definition) is 4. The van der Waals surface area contributed by atoms with Crippen molar-refractivity contribution in [1.82, 2.24) is 10.2 Å². The number of nitrogens with zero attached hydrogens (tertiary/aromatic N) is 1. The zero-order valence-corrected chi connectivity index (χ0v) is 15.8. The molecule has 0 aliphatic carbocycles. The van der Waals surface area contributed by atoms with E-state index in [1.807, 2.05) is 38.1 Å². The van der Waals surface area contributed by atoms with Gasteiger partial charge >= 0.3 is 0 Å². The molecule has 0 spiro atoms. The van der Waals surface area contributed by atoms with Crippen LogP contribution < -0.4 is 10.1 Å². The predicted octanol–water partition coefficient (Wildman–Crippen LogP) is 3.38. The number of hydrogen-bond donors (Lipinski definition) is 1.